The number of hydrogen-bond donors (Lipinski definition) is 0. The molecule has 0 heterocycles. The zero-order chi connectivity index (χ0) is 9.14. The van der Waals surface area contributed by atoms with Crippen LogP contribution in [0.25, 0.3) is 0 Å². The third-order valence-corrected chi connectivity index (χ3v) is 3.01. The maximum atomic E-state index is 5.38. The Hall–Kier alpha value is -0.0800. The average Bonchev–Trinajstić information content (AvgIpc) is 2.03. The minimum absolute atomic E-state index is 0.226. The van der Waals surface area contributed by atoms with E-state index in [4.69, 9.17) is 4.74 Å². The number of rotatable bonds is 2. The normalized spacial score (nSPS) is 29.2. The Labute approximate surface area is 82.6 Å². The summed E-state index contributed by atoms with van der Waals surface area (Å²) in [5.41, 5.74) is 0. The lowest BCUT2D eigenvalue weighted by molar-refractivity contribution is 0.0871. The van der Waals surface area contributed by atoms with Gasteiger partial charge in [0.1, 0.15) is 0 Å². The van der Waals surface area contributed by atoms with Gasteiger partial charge in [-0.1, -0.05) is 48.0 Å². The lowest BCUT2D eigenvalue weighted by atomic mass is 9.87. The largest absolute Gasteiger partial charge is 0.377 e. The molecule has 0 saturated heterocycles. The molecule has 0 saturated carbocycles. The summed E-state index contributed by atoms with van der Waals surface area (Å²) in [5.74, 6) is 1.07. The van der Waals surface area contributed by atoms with Crippen LogP contribution in [0, 0.1) is 11.8 Å². The number of halogens is 1. The third kappa shape index (κ3) is 1.99. The molecule has 0 spiro atoms. The van der Waals surface area contributed by atoms with Crippen LogP contribution in [0.5, 0.6) is 0 Å². The van der Waals surface area contributed by atoms with Gasteiger partial charge in [0, 0.05) is 17.5 Å². The average molecular weight is 231 g/mol. The second-order valence-electron chi connectivity index (χ2n) is 3.41. The fourth-order valence-corrected chi connectivity index (χ4v) is 2.51. The highest BCUT2D eigenvalue weighted by atomic mass is 79.9. The summed E-state index contributed by atoms with van der Waals surface area (Å²) in [6.07, 6.45) is 6.47. The lowest BCUT2D eigenvalue weighted by Gasteiger charge is -2.28. The highest BCUT2D eigenvalue weighted by molar-refractivity contribution is 9.11. The molecule has 1 nitrogen and oxygen atoms in total. The highest BCUT2D eigenvalue weighted by Gasteiger charge is 2.26. The third-order valence-electron chi connectivity index (χ3n) is 2.22. The van der Waals surface area contributed by atoms with Crippen molar-refractivity contribution in [2.45, 2.75) is 20.0 Å². The van der Waals surface area contributed by atoms with Crippen molar-refractivity contribution in [3.05, 3.63) is 22.7 Å². The summed E-state index contributed by atoms with van der Waals surface area (Å²) >= 11 is 3.57. The highest BCUT2D eigenvalue weighted by Crippen LogP contribution is 2.33. The van der Waals surface area contributed by atoms with Gasteiger partial charge < -0.3 is 4.74 Å². The molecule has 0 bridgehead atoms. The first-order valence-electron chi connectivity index (χ1n) is 4.23. The summed E-state index contributed by atoms with van der Waals surface area (Å²) in [4.78, 5) is 0. The summed E-state index contributed by atoms with van der Waals surface area (Å²) < 4.78 is 6.62. The first-order chi connectivity index (χ1) is 5.66. The van der Waals surface area contributed by atoms with E-state index in [1.165, 1.54) is 4.48 Å². The van der Waals surface area contributed by atoms with Crippen LogP contribution in [0.2, 0.25) is 0 Å². The quantitative estimate of drug-likeness (QED) is 0.709. The topological polar surface area (TPSA) is 9.23 Å². The monoisotopic (exact) mass is 230 g/mol. The molecule has 12 heavy (non-hydrogen) atoms. The number of methoxy groups -OCH3 is 1. The van der Waals surface area contributed by atoms with Gasteiger partial charge in [-0.05, 0) is 5.92 Å². The number of hydrogen-bond acceptors (Lipinski definition) is 1. The predicted molar refractivity (Wildman–Crippen MR) is 55.3 cm³/mol. The van der Waals surface area contributed by atoms with Crippen LogP contribution >= 0.6 is 15.9 Å². The standard InChI is InChI=1S/C10H15BrO/c1-7(2)10-8(11)5-4-6-9(10)12-3/h4-7,9-10H,1-3H3. The fourth-order valence-electron chi connectivity index (χ4n) is 1.57. The molecule has 0 radical (unpaired) electrons. The van der Waals surface area contributed by atoms with Crippen molar-refractivity contribution in [1.82, 2.24) is 0 Å². The SMILES string of the molecule is COC1C=CC=C(Br)C1C(C)C. The van der Waals surface area contributed by atoms with Gasteiger partial charge in [-0.3, -0.25) is 0 Å². The molecule has 2 atom stereocenters. The van der Waals surface area contributed by atoms with Gasteiger partial charge in [0.05, 0.1) is 6.10 Å². The van der Waals surface area contributed by atoms with Crippen molar-refractivity contribution in [2.24, 2.45) is 11.8 Å². The molecule has 1 aliphatic carbocycles. The van der Waals surface area contributed by atoms with Crippen LogP contribution < -0.4 is 0 Å². The molecule has 0 aromatic rings. The molecule has 68 valence electrons. The Morgan fingerprint density at radius 1 is 1.50 bits per heavy atom. The molecule has 2 unspecified atom stereocenters. The van der Waals surface area contributed by atoms with E-state index in [0.29, 0.717) is 11.8 Å². The van der Waals surface area contributed by atoms with Gasteiger partial charge in [0.15, 0.2) is 0 Å². The fraction of sp³-hybridized carbons (Fsp3) is 0.600. The van der Waals surface area contributed by atoms with Gasteiger partial charge in [-0.2, -0.15) is 0 Å². The molecular formula is C10H15BrO. The Morgan fingerprint density at radius 3 is 2.58 bits per heavy atom. The van der Waals surface area contributed by atoms with Gasteiger partial charge >= 0.3 is 0 Å². The van der Waals surface area contributed by atoms with Gasteiger partial charge in [-0.25, -0.2) is 0 Å². The van der Waals surface area contributed by atoms with Crippen LogP contribution in [0.3, 0.4) is 0 Å². The molecule has 0 aromatic heterocycles. The van der Waals surface area contributed by atoms with Crippen LogP contribution in [-0.4, -0.2) is 13.2 Å². The van der Waals surface area contributed by atoms with Gasteiger partial charge in [0.25, 0.3) is 0 Å². The van der Waals surface area contributed by atoms with E-state index in [9.17, 15) is 0 Å². The minimum Gasteiger partial charge on any atom is -0.377 e. The van der Waals surface area contributed by atoms with Crippen LogP contribution in [-0.2, 0) is 4.74 Å². The van der Waals surface area contributed by atoms with E-state index < -0.39 is 0 Å². The zero-order valence-corrected chi connectivity index (χ0v) is 9.34. The molecule has 0 amide bonds. The molecule has 1 aliphatic rings. The van der Waals surface area contributed by atoms with Crippen LogP contribution in [0.1, 0.15) is 13.8 Å². The molecule has 2 heteroatoms. The second-order valence-corrected chi connectivity index (χ2v) is 4.32. The van der Waals surface area contributed by atoms with Crippen molar-refractivity contribution in [3.8, 4) is 0 Å². The van der Waals surface area contributed by atoms with Crippen molar-refractivity contribution in [1.29, 1.82) is 0 Å². The van der Waals surface area contributed by atoms with Gasteiger partial charge in [0.2, 0.25) is 0 Å². The van der Waals surface area contributed by atoms with Crippen LogP contribution in [0.4, 0.5) is 0 Å². The van der Waals surface area contributed by atoms with E-state index in [1.54, 1.807) is 7.11 Å². The first kappa shape index (κ1) is 10.0. The van der Waals surface area contributed by atoms with Crippen LogP contribution in [0.15, 0.2) is 22.7 Å². The number of ether oxygens (including phenoxy) is 1. The Kier molecular flexibility index (Phi) is 3.53. The van der Waals surface area contributed by atoms with Gasteiger partial charge in [-0.15, -0.1) is 0 Å². The summed E-state index contributed by atoms with van der Waals surface area (Å²) in [7, 11) is 1.76. The molecule has 0 fully saturated rings. The molecule has 0 N–H and O–H groups in total. The maximum absolute atomic E-state index is 5.38. The van der Waals surface area contributed by atoms with Crippen molar-refractivity contribution in [3.63, 3.8) is 0 Å². The maximum Gasteiger partial charge on any atom is 0.0831 e. The zero-order valence-electron chi connectivity index (χ0n) is 7.75. The van der Waals surface area contributed by atoms with E-state index >= 15 is 0 Å². The summed E-state index contributed by atoms with van der Waals surface area (Å²) in [6, 6.07) is 0. The minimum atomic E-state index is 0.226. The van der Waals surface area contributed by atoms with E-state index in [2.05, 4.69) is 41.9 Å². The Balaban J connectivity index is 2.79. The predicted octanol–water partition coefficient (Wildman–Crippen LogP) is 3.12. The summed E-state index contributed by atoms with van der Waals surface area (Å²) in [6.45, 7) is 4.43. The van der Waals surface area contributed by atoms with Crippen molar-refractivity contribution >= 4 is 15.9 Å². The van der Waals surface area contributed by atoms with Crippen molar-refractivity contribution in [2.75, 3.05) is 7.11 Å². The Bertz CT molecular complexity index is 206. The smallest absolute Gasteiger partial charge is 0.0831 e. The second kappa shape index (κ2) is 4.24. The molecular weight excluding hydrogens is 216 g/mol. The van der Waals surface area contributed by atoms with E-state index in [1.807, 2.05) is 6.08 Å². The van der Waals surface area contributed by atoms with Crippen molar-refractivity contribution < 1.29 is 4.74 Å². The number of allylic oxidation sites excluding steroid dienone is 2. The molecule has 0 aliphatic heterocycles. The molecule has 0 aromatic carbocycles. The molecule has 1 rings (SSSR count). The lowest BCUT2D eigenvalue weighted by Crippen LogP contribution is -2.27. The summed E-state index contributed by atoms with van der Waals surface area (Å²) in [5, 5.41) is 0. The van der Waals surface area contributed by atoms with E-state index in [-0.39, 0.29) is 6.10 Å². The Morgan fingerprint density at radius 2 is 2.17 bits per heavy atom. The van der Waals surface area contributed by atoms with E-state index in [0.717, 1.165) is 0 Å². The first-order valence-corrected chi connectivity index (χ1v) is 5.02.